The molecule has 10 rings (SSSR count). The largest absolute Gasteiger partial charge is 0.456 e. The van der Waals surface area contributed by atoms with Crippen LogP contribution in [0.15, 0.2) is 190 Å². The van der Waals surface area contributed by atoms with Crippen LogP contribution in [0, 0.1) is 0 Å². The zero-order valence-electron chi connectivity index (χ0n) is 27.6. The fourth-order valence-corrected chi connectivity index (χ4v) is 7.31. The van der Waals surface area contributed by atoms with Crippen LogP contribution < -0.4 is 5.32 Å². The van der Waals surface area contributed by atoms with Gasteiger partial charge in [0.2, 0.25) is 0 Å². The van der Waals surface area contributed by atoms with Gasteiger partial charge in [0.15, 0.2) is 6.17 Å². The van der Waals surface area contributed by atoms with Gasteiger partial charge in [-0.25, -0.2) is 9.98 Å². The number of hydrogen-bond acceptors (Lipinski definition) is 4. The third-order valence-corrected chi connectivity index (χ3v) is 9.88. The van der Waals surface area contributed by atoms with Crippen LogP contribution in [-0.2, 0) is 0 Å². The molecule has 0 amide bonds. The van der Waals surface area contributed by atoms with Gasteiger partial charge in [0.25, 0.3) is 0 Å². The Labute approximate surface area is 295 Å². The van der Waals surface area contributed by atoms with Crippen molar-refractivity contribution in [1.82, 2.24) is 5.32 Å². The van der Waals surface area contributed by atoms with Gasteiger partial charge < -0.3 is 9.73 Å². The second-order valence-corrected chi connectivity index (χ2v) is 13.1. The van der Waals surface area contributed by atoms with Crippen molar-refractivity contribution in [3.8, 4) is 22.3 Å². The number of benzene rings is 8. The van der Waals surface area contributed by atoms with Crippen LogP contribution in [-0.4, -0.2) is 11.7 Å². The second kappa shape index (κ2) is 12.0. The van der Waals surface area contributed by atoms with Crippen LogP contribution >= 0.6 is 0 Å². The molecular formula is C47H31N3O. The first-order valence-corrected chi connectivity index (χ1v) is 17.3. The summed E-state index contributed by atoms with van der Waals surface area (Å²) in [5.41, 5.74) is 9.23. The molecule has 1 aromatic heterocycles. The van der Waals surface area contributed by atoms with E-state index in [4.69, 9.17) is 14.4 Å². The van der Waals surface area contributed by atoms with E-state index < -0.39 is 6.17 Å². The maximum absolute atomic E-state index is 6.50. The van der Waals surface area contributed by atoms with E-state index >= 15 is 0 Å². The Morgan fingerprint density at radius 1 is 0.392 bits per heavy atom. The van der Waals surface area contributed by atoms with Crippen molar-refractivity contribution in [1.29, 1.82) is 0 Å². The summed E-state index contributed by atoms with van der Waals surface area (Å²) >= 11 is 0. The molecule has 1 aliphatic heterocycles. The molecule has 51 heavy (non-hydrogen) atoms. The van der Waals surface area contributed by atoms with Crippen LogP contribution in [0.5, 0.6) is 0 Å². The van der Waals surface area contributed by atoms with E-state index in [1.807, 2.05) is 18.2 Å². The third kappa shape index (κ3) is 5.25. The molecule has 1 unspecified atom stereocenters. The quantitative estimate of drug-likeness (QED) is 0.201. The minimum atomic E-state index is -0.527. The van der Waals surface area contributed by atoms with Gasteiger partial charge in [0.05, 0.1) is 0 Å². The van der Waals surface area contributed by atoms with Crippen molar-refractivity contribution in [3.63, 3.8) is 0 Å². The number of nitrogens with one attached hydrogen (secondary N) is 1. The van der Waals surface area contributed by atoms with E-state index in [0.29, 0.717) is 0 Å². The molecule has 0 spiro atoms. The molecule has 9 aromatic rings. The molecule has 2 heterocycles. The average molecular weight is 654 g/mol. The number of aliphatic imine (C=N–C) groups is 2. The van der Waals surface area contributed by atoms with E-state index in [1.165, 1.54) is 21.9 Å². The summed E-state index contributed by atoms with van der Waals surface area (Å²) in [6, 6.07) is 61.7. The number of fused-ring (bicyclic) bond motifs is 5. The Morgan fingerprint density at radius 3 is 1.67 bits per heavy atom. The monoisotopic (exact) mass is 653 g/mol. The number of rotatable bonds is 5. The van der Waals surface area contributed by atoms with E-state index in [2.05, 4.69) is 163 Å². The molecule has 0 bridgehead atoms. The number of furan rings is 1. The van der Waals surface area contributed by atoms with Gasteiger partial charge >= 0.3 is 0 Å². The molecule has 8 aromatic carbocycles. The SMILES string of the molecule is c1ccc(-c2ccc3ccc(C4=NC(c5cc(-c6ccccc6)cc6oc7ccccc7c56)N=C(c5ccc6ccccc6c5)N4)cc3c2)cc1. The molecule has 0 radical (unpaired) electrons. The van der Waals surface area contributed by atoms with E-state index in [9.17, 15) is 0 Å². The van der Waals surface area contributed by atoms with Gasteiger partial charge in [-0.2, -0.15) is 0 Å². The van der Waals surface area contributed by atoms with E-state index in [1.54, 1.807) is 0 Å². The molecule has 1 N–H and O–H groups in total. The number of hydrogen-bond donors (Lipinski definition) is 1. The van der Waals surface area contributed by atoms with Gasteiger partial charge in [-0.05, 0) is 80.2 Å². The summed E-state index contributed by atoms with van der Waals surface area (Å²) in [5.74, 6) is 1.55. The predicted octanol–water partition coefficient (Wildman–Crippen LogP) is 11.7. The van der Waals surface area contributed by atoms with Gasteiger partial charge in [0, 0.05) is 27.5 Å². The van der Waals surface area contributed by atoms with Gasteiger partial charge in [0.1, 0.15) is 22.8 Å². The molecular weight excluding hydrogens is 623 g/mol. The van der Waals surface area contributed by atoms with Crippen molar-refractivity contribution >= 4 is 55.2 Å². The summed E-state index contributed by atoms with van der Waals surface area (Å²) < 4.78 is 6.50. The summed E-state index contributed by atoms with van der Waals surface area (Å²) in [4.78, 5) is 10.8. The molecule has 4 heteroatoms. The van der Waals surface area contributed by atoms with Crippen LogP contribution in [0.3, 0.4) is 0 Å². The highest BCUT2D eigenvalue weighted by atomic mass is 16.3. The smallest absolute Gasteiger partial charge is 0.170 e. The van der Waals surface area contributed by atoms with Crippen molar-refractivity contribution < 1.29 is 4.42 Å². The second-order valence-electron chi connectivity index (χ2n) is 13.1. The first-order chi connectivity index (χ1) is 25.2. The number of para-hydroxylation sites is 1. The minimum absolute atomic E-state index is 0.527. The first-order valence-electron chi connectivity index (χ1n) is 17.3. The zero-order valence-corrected chi connectivity index (χ0v) is 27.6. The first kappa shape index (κ1) is 29.2. The number of amidine groups is 2. The molecule has 4 nitrogen and oxygen atoms in total. The molecule has 0 fully saturated rings. The van der Waals surface area contributed by atoms with Crippen LogP contribution in [0.4, 0.5) is 0 Å². The maximum Gasteiger partial charge on any atom is 0.170 e. The fourth-order valence-electron chi connectivity index (χ4n) is 7.31. The standard InChI is InChI=1S/C47H31N3O/c1-3-11-30(12-4-1)35-22-19-33-21-24-37(27-38(33)26-35)46-48-45(36-23-20-32-15-7-8-16-34(32)25-36)49-47(50-46)41-28-39(31-13-5-2-6-14-31)29-43-44(41)40-17-9-10-18-42(40)51-43/h1-29,47H,(H,48,49,50). The van der Waals surface area contributed by atoms with Crippen molar-refractivity contribution in [2.45, 2.75) is 6.17 Å². The maximum atomic E-state index is 6.50. The van der Waals surface area contributed by atoms with Gasteiger partial charge in [-0.1, -0.05) is 140 Å². The highest BCUT2D eigenvalue weighted by molar-refractivity contribution is 6.18. The van der Waals surface area contributed by atoms with Crippen molar-refractivity contribution in [3.05, 3.63) is 193 Å². The third-order valence-electron chi connectivity index (χ3n) is 9.88. The van der Waals surface area contributed by atoms with Crippen molar-refractivity contribution in [2.75, 3.05) is 0 Å². The average Bonchev–Trinajstić information content (AvgIpc) is 3.59. The van der Waals surface area contributed by atoms with Gasteiger partial charge in [-0.3, -0.25) is 0 Å². The Hall–Kier alpha value is -6.78. The molecule has 1 atom stereocenters. The summed E-state index contributed by atoms with van der Waals surface area (Å²) in [6.07, 6.45) is -0.527. The summed E-state index contributed by atoms with van der Waals surface area (Å²) in [5, 5.41) is 10.4. The van der Waals surface area contributed by atoms with Crippen LogP contribution in [0.1, 0.15) is 22.9 Å². The fraction of sp³-hybridized carbons (Fsp3) is 0.0213. The minimum Gasteiger partial charge on any atom is -0.456 e. The lowest BCUT2D eigenvalue weighted by molar-refractivity contribution is 0.668. The lowest BCUT2D eigenvalue weighted by Gasteiger charge is -2.23. The lowest BCUT2D eigenvalue weighted by Crippen LogP contribution is -2.36. The topological polar surface area (TPSA) is 49.9 Å². The molecule has 0 saturated heterocycles. The van der Waals surface area contributed by atoms with Crippen molar-refractivity contribution in [2.24, 2.45) is 9.98 Å². The van der Waals surface area contributed by atoms with Crippen LogP contribution in [0.2, 0.25) is 0 Å². The molecule has 240 valence electrons. The normalized spacial score (nSPS) is 14.5. The highest BCUT2D eigenvalue weighted by Gasteiger charge is 2.25. The van der Waals surface area contributed by atoms with E-state index in [-0.39, 0.29) is 0 Å². The Bertz CT molecular complexity index is 2830. The number of nitrogens with zero attached hydrogens (tertiary/aromatic N) is 2. The predicted molar refractivity (Wildman–Crippen MR) is 211 cm³/mol. The summed E-state index contributed by atoms with van der Waals surface area (Å²) in [7, 11) is 0. The Balaban J connectivity index is 1.18. The molecule has 0 saturated carbocycles. The molecule has 0 aliphatic carbocycles. The zero-order chi connectivity index (χ0) is 33.7. The van der Waals surface area contributed by atoms with Gasteiger partial charge in [-0.15, -0.1) is 0 Å². The highest BCUT2D eigenvalue weighted by Crippen LogP contribution is 2.40. The lowest BCUT2D eigenvalue weighted by atomic mass is 9.96. The Kier molecular flexibility index (Phi) is 6.85. The van der Waals surface area contributed by atoms with Crippen LogP contribution in [0.25, 0.3) is 65.7 Å². The summed E-state index contributed by atoms with van der Waals surface area (Å²) in [6.45, 7) is 0. The molecule has 1 aliphatic rings. The van der Waals surface area contributed by atoms with E-state index in [0.717, 1.165) is 72.2 Å². The Morgan fingerprint density at radius 2 is 0.941 bits per heavy atom.